The van der Waals surface area contributed by atoms with Crippen molar-refractivity contribution in [2.45, 2.75) is 51.5 Å². The van der Waals surface area contributed by atoms with Gasteiger partial charge in [-0.3, -0.25) is 4.79 Å². The van der Waals surface area contributed by atoms with Gasteiger partial charge in [-0.05, 0) is 49.8 Å². The lowest BCUT2D eigenvalue weighted by atomic mass is 9.83. The Hall–Kier alpha value is -1.71. The minimum absolute atomic E-state index is 0.441. The van der Waals surface area contributed by atoms with Crippen molar-refractivity contribution in [2.24, 2.45) is 11.7 Å². The van der Waals surface area contributed by atoms with Crippen molar-refractivity contribution in [3.63, 3.8) is 0 Å². The highest BCUT2D eigenvalue weighted by Gasteiger charge is 2.20. The predicted molar refractivity (Wildman–Crippen MR) is 83.6 cm³/mol. The van der Waals surface area contributed by atoms with Crippen molar-refractivity contribution in [2.75, 3.05) is 11.1 Å². The molecule has 0 aliphatic heterocycles. The summed E-state index contributed by atoms with van der Waals surface area (Å²) in [6.07, 6.45) is 7.62. The molecule has 1 aliphatic carbocycles. The molecule has 110 valence electrons. The van der Waals surface area contributed by atoms with E-state index >= 15 is 0 Å². The number of hydrogen-bond acceptors (Lipinski definition) is 3. The standard InChI is InChI=1S/C16H25N3O/c1-2-3-11-4-7-13(8-5-11)19-15-9-6-12(16(18)20)10-14(15)17/h6,9-11,13,19H,2-5,7-8,17H2,1H3,(H2,18,20). The van der Waals surface area contributed by atoms with Crippen molar-refractivity contribution >= 4 is 17.3 Å². The van der Waals surface area contributed by atoms with Gasteiger partial charge in [-0.1, -0.05) is 19.8 Å². The maximum Gasteiger partial charge on any atom is 0.248 e. The zero-order chi connectivity index (χ0) is 14.5. The molecule has 1 aromatic rings. The maximum atomic E-state index is 11.1. The van der Waals surface area contributed by atoms with E-state index in [1.165, 1.54) is 38.5 Å². The van der Waals surface area contributed by atoms with Crippen molar-refractivity contribution in [1.29, 1.82) is 0 Å². The monoisotopic (exact) mass is 275 g/mol. The van der Waals surface area contributed by atoms with Crippen molar-refractivity contribution in [1.82, 2.24) is 0 Å². The van der Waals surface area contributed by atoms with Crippen LogP contribution >= 0.6 is 0 Å². The fourth-order valence-electron chi connectivity index (χ4n) is 3.07. The van der Waals surface area contributed by atoms with Crippen molar-refractivity contribution in [3.8, 4) is 0 Å². The molecule has 2 rings (SSSR count). The SMILES string of the molecule is CCCC1CCC(Nc2ccc(C(N)=O)cc2N)CC1. The van der Waals surface area contributed by atoms with Crippen LogP contribution in [-0.2, 0) is 0 Å². The molecule has 1 saturated carbocycles. The van der Waals surface area contributed by atoms with Gasteiger partial charge in [-0.15, -0.1) is 0 Å². The minimum atomic E-state index is -0.441. The fraction of sp³-hybridized carbons (Fsp3) is 0.562. The van der Waals surface area contributed by atoms with E-state index < -0.39 is 5.91 Å². The zero-order valence-electron chi connectivity index (χ0n) is 12.2. The van der Waals surface area contributed by atoms with Gasteiger partial charge < -0.3 is 16.8 Å². The van der Waals surface area contributed by atoms with E-state index in [1.807, 2.05) is 6.07 Å². The first-order valence-corrected chi connectivity index (χ1v) is 7.56. The summed E-state index contributed by atoms with van der Waals surface area (Å²) in [6.45, 7) is 2.26. The first kappa shape index (κ1) is 14.7. The Morgan fingerprint density at radius 3 is 2.55 bits per heavy atom. The Balaban J connectivity index is 1.93. The summed E-state index contributed by atoms with van der Waals surface area (Å²) >= 11 is 0. The van der Waals surface area contributed by atoms with Gasteiger partial charge >= 0.3 is 0 Å². The Bertz CT molecular complexity index is 465. The van der Waals surface area contributed by atoms with Gasteiger partial charge in [0.15, 0.2) is 0 Å². The Kier molecular flexibility index (Phi) is 4.88. The highest BCUT2D eigenvalue weighted by Crippen LogP contribution is 2.30. The fourth-order valence-corrected chi connectivity index (χ4v) is 3.07. The van der Waals surface area contributed by atoms with E-state index in [0.717, 1.165) is 11.6 Å². The van der Waals surface area contributed by atoms with Crippen LogP contribution in [0.4, 0.5) is 11.4 Å². The summed E-state index contributed by atoms with van der Waals surface area (Å²) in [7, 11) is 0. The molecule has 0 saturated heterocycles. The Morgan fingerprint density at radius 1 is 1.30 bits per heavy atom. The van der Waals surface area contributed by atoms with Crippen LogP contribution in [-0.4, -0.2) is 11.9 Å². The van der Waals surface area contributed by atoms with Crippen LogP contribution in [0.1, 0.15) is 55.8 Å². The van der Waals surface area contributed by atoms with Crippen molar-refractivity contribution in [3.05, 3.63) is 23.8 Å². The van der Waals surface area contributed by atoms with E-state index in [1.54, 1.807) is 12.1 Å². The van der Waals surface area contributed by atoms with E-state index in [4.69, 9.17) is 11.5 Å². The first-order valence-electron chi connectivity index (χ1n) is 7.56. The molecule has 0 aromatic heterocycles. The van der Waals surface area contributed by atoms with Crippen LogP contribution in [0.15, 0.2) is 18.2 Å². The number of rotatable bonds is 5. The van der Waals surface area contributed by atoms with E-state index in [0.29, 0.717) is 17.3 Å². The number of nitrogens with two attached hydrogens (primary N) is 2. The Morgan fingerprint density at radius 2 is 2.00 bits per heavy atom. The highest BCUT2D eigenvalue weighted by atomic mass is 16.1. The molecule has 1 aromatic carbocycles. The van der Waals surface area contributed by atoms with Gasteiger partial charge in [0.05, 0.1) is 11.4 Å². The molecular formula is C16H25N3O. The second kappa shape index (κ2) is 6.64. The number of carbonyl (C=O) groups is 1. The maximum absolute atomic E-state index is 11.1. The smallest absolute Gasteiger partial charge is 0.248 e. The molecule has 0 atom stereocenters. The van der Waals surface area contributed by atoms with Gasteiger partial charge in [-0.25, -0.2) is 0 Å². The molecule has 4 heteroatoms. The van der Waals surface area contributed by atoms with Gasteiger partial charge in [0.25, 0.3) is 0 Å². The second-order valence-electron chi connectivity index (χ2n) is 5.82. The third-order valence-corrected chi connectivity index (χ3v) is 4.24. The van der Waals surface area contributed by atoms with Crippen molar-refractivity contribution < 1.29 is 4.79 Å². The molecular weight excluding hydrogens is 250 g/mol. The molecule has 5 N–H and O–H groups in total. The molecule has 0 heterocycles. The number of nitrogen functional groups attached to an aromatic ring is 1. The van der Waals surface area contributed by atoms with E-state index in [-0.39, 0.29) is 0 Å². The van der Waals surface area contributed by atoms with Crippen LogP contribution in [0, 0.1) is 5.92 Å². The number of carbonyl (C=O) groups excluding carboxylic acids is 1. The zero-order valence-corrected chi connectivity index (χ0v) is 12.2. The number of nitrogens with one attached hydrogen (secondary N) is 1. The average molecular weight is 275 g/mol. The first-order chi connectivity index (χ1) is 9.60. The summed E-state index contributed by atoms with van der Waals surface area (Å²) in [5.41, 5.74) is 13.2. The Labute approximate surface area is 120 Å². The molecule has 4 nitrogen and oxygen atoms in total. The summed E-state index contributed by atoms with van der Waals surface area (Å²) in [5.74, 6) is 0.455. The third kappa shape index (κ3) is 3.65. The summed E-state index contributed by atoms with van der Waals surface area (Å²) in [5, 5.41) is 3.50. The van der Waals surface area contributed by atoms with Crippen LogP contribution in [0.5, 0.6) is 0 Å². The molecule has 0 unspecified atom stereocenters. The van der Waals surface area contributed by atoms with Crippen LogP contribution in [0.2, 0.25) is 0 Å². The van der Waals surface area contributed by atoms with Crippen LogP contribution in [0.25, 0.3) is 0 Å². The lowest BCUT2D eigenvalue weighted by Gasteiger charge is -2.30. The van der Waals surface area contributed by atoms with E-state index in [2.05, 4.69) is 12.2 Å². The molecule has 0 bridgehead atoms. The van der Waals surface area contributed by atoms with Gasteiger partial charge in [-0.2, -0.15) is 0 Å². The number of amides is 1. The molecule has 1 aliphatic rings. The third-order valence-electron chi connectivity index (χ3n) is 4.24. The molecule has 1 amide bonds. The highest BCUT2D eigenvalue weighted by molar-refractivity contribution is 5.94. The normalized spacial score (nSPS) is 22.4. The molecule has 0 spiro atoms. The summed E-state index contributed by atoms with van der Waals surface area (Å²) in [4.78, 5) is 11.1. The number of benzene rings is 1. The van der Waals surface area contributed by atoms with Crippen LogP contribution < -0.4 is 16.8 Å². The minimum Gasteiger partial charge on any atom is -0.397 e. The summed E-state index contributed by atoms with van der Waals surface area (Å²) in [6, 6.07) is 5.72. The van der Waals surface area contributed by atoms with Crippen LogP contribution in [0.3, 0.4) is 0 Å². The van der Waals surface area contributed by atoms with Gasteiger partial charge in [0.1, 0.15) is 0 Å². The molecule has 1 fully saturated rings. The number of hydrogen-bond donors (Lipinski definition) is 3. The lowest BCUT2D eigenvalue weighted by Crippen LogP contribution is -2.26. The molecule has 20 heavy (non-hydrogen) atoms. The number of primary amides is 1. The predicted octanol–water partition coefficient (Wildman–Crippen LogP) is 3.14. The summed E-state index contributed by atoms with van der Waals surface area (Å²) < 4.78 is 0. The topological polar surface area (TPSA) is 81.1 Å². The quantitative estimate of drug-likeness (QED) is 0.722. The van der Waals surface area contributed by atoms with Gasteiger partial charge in [0, 0.05) is 11.6 Å². The van der Waals surface area contributed by atoms with Gasteiger partial charge in [0.2, 0.25) is 5.91 Å². The second-order valence-corrected chi connectivity index (χ2v) is 5.82. The number of anilines is 2. The molecule has 0 radical (unpaired) electrons. The van der Waals surface area contributed by atoms with E-state index in [9.17, 15) is 4.79 Å². The largest absolute Gasteiger partial charge is 0.397 e. The average Bonchev–Trinajstić information content (AvgIpc) is 2.43. The lowest BCUT2D eigenvalue weighted by molar-refractivity contribution is 0.100.